The Morgan fingerprint density at radius 2 is 2.16 bits per heavy atom. The van der Waals surface area contributed by atoms with Crippen molar-refractivity contribution < 1.29 is 9.53 Å². The van der Waals surface area contributed by atoms with Gasteiger partial charge in [0.25, 0.3) is 0 Å². The van der Waals surface area contributed by atoms with Gasteiger partial charge in [0.2, 0.25) is 0 Å². The van der Waals surface area contributed by atoms with Gasteiger partial charge in [0.1, 0.15) is 0 Å². The molecule has 0 saturated carbocycles. The number of ether oxygens (including phenoxy) is 1. The molecule has 1 aliphatic rings. The van der Waals surface area contributed by atoms with E-state index in [0.29, 0.717) is 19.8 Å². The predicted molar refractivity (Wildman–Crippen MR) is 96.0 cm³/mol. The summed E-state index contributed by atoms with van der Waals surface area (Å²) in [6.07, 6.45) is 4.91. The first-order chi connectivity index (χ1) is 12.2. The summed E-state index contributed by atoms with van der Waals surface area (Å²) in [6.45, 7) is 3.71. The van der Waals surface area contributed by atoms with E-state index >= 15 is 0 Å². The zero-order valence-corrected chi connectivity index (χ0v) is 14.9. The number of aromatic nitrogens is 2. The molecule has 0 spiro atoms. The Morgan fingerprint density at radius 3 is 2.96 bits per heavy atom. The highest BCUT2D eigenvalue weighted by molar-refractivity contribution is 5.74. The van der Waals surface area contributed by atoms with Crippen LogP contribution in [0.3, 0.4) is 0 Å². The summed E-state index contributed by atoms with van der Waals surface area (Å²) in [6, 6.07) is 7.92. The second kappa shape index (κ2) is 8.16. The molecule has 1 aliphatic carbocycles. The highest BCUT2D eigenvalue weighted by atomic mass is 16.5. The number of carbonyl (C=O) groups excluding carboxylic acids is 1. The maximum absolute atomic E-state index is 12.3. The van der Waals surface area contributed by atoms with E-state index in [1.807, 2.05) is 49.1 Å². The molecule has 0 radical (unpaired) electrons. The molecule has 1 aromatic heterocycles. The van der Waals surface area contributed by atoms with E-state index in [2.05, 4.69) is 15.7 Å². The molecule has 0 unspecified atom stereocenters. The molecule has 6 heteroatoms. The second-order valence-electron chi connectivity index (χ2n) is 6.35. The van der Waals surface area contributed by atoms with Gasteiger partial charge >= 0.3 is 6.03 Å². The van der Waals surface area contributed by atoms with Crippen LogP contribution in [-0.4, -0.2) is 22.4 Å². The van der Waals surface area contributed by atoms with Crippen molar-refractivity contribution in [3.63, 3.8) is 0 Å². The third-order valence-electron chi connectivity index (χ3n) is 4.70. The van der Waals surface area contributed by atoms with Crippen molar-refractivity contribution in [3.05, 3.63) is 52.8 Å². The Hall–Kier alpha value is -2.34. The van der Waals surface area contributed by atoms with Crippen molar-refractivity contribution in [2.45, 2.75) is 45.4 Å². The molecule has 2 aromatic rings. The van der Waals surface area contributed by atoms with E-state index < -0.39 is 0 Å². The van der Waals surface area contributed by atoms with Crippen LogP contribution in [0.15, 0.2) is 30.5 Å². The molecule has 25 heavy (non-hydrogen) atoms. The normalized spacial score (nSPS) is 16.3. The minimum absolute atomic E-state index is 0.0381. The third-order valence-corrected chi connectivity index (χ3v) is 4.70. The van der Waals surface area contributed by atoms with Gasteiger partial charge in [-0.3, -0.25) is 4.68 Å². The molecule has 1 heterocycles. The van der Waals surface area contributed by atoms with Crippen LogP contribution in [-0.2, 0) is 31.4 Å². The van der Waals surface area contributed by atoms with Crippen LogP contribution >= 0.6 is 0 Å². The van der Waals surface area contributed by atoms with Gasteiger partial charge in [0.05, 0.1) is 18.8 Å². The van der Waals surface area contributed by atoms with E-state index in [4.69, 9.17) is 4.74 Å². The molecule has 1 aromatic carbocycles. The number of urea groups is 1. The van der Waals surface area contributed by atoms with Gasteiger partial charge in [-0.1, -0.05) is 24.3 Å². The summed E-state index contributed by atoms with van der Waals surface area (Å²) in [7, 11) is 1.95. The van der Waals surface area contributed by atoms with Crippen LogP contribution in [0.25, 0.3) is 0 Å². The summed E-state index contributed by atoms with van der Waals surface area (Å²) in [5, 5.41) is 10.4. The summed E-state index contributed by atoms with van der Waals surface area (Å²) in [4.78, 5) is 12.3. The average Bonchev–Trinajstić information content (AvgIpc) is 3.01. The minimum Gasteiger partial charge on any atom is -0.377 e. The van der Waals surface area contributed by atoms with E-state index in [1.165, 1.54) is 5.69 Å². The molecular formula is C19H26N4O2. The smallest absolute Gasteiger partial charge is 0.315 e. The van der Waals surface area contributed by atoms with Crippen molar-refractivity contribution in [3.8, 4) is 0 Å². The summed E-state index contributed by atoms with van der Waals surface area (Å²) < 4.78 is 7.40. The third kappa shape index (κ3) is 4.20. The zero-order chi connectivity index (χ0) is 17.6. The molecule has 6 nitrogen and oxygen atoms in total. The maximum Gasteiger partial charge on any atom is 0.315 e. The van der Waals surface area contributed by atoms with E-state index in [1.54, 1.807) is 0 Å². The molecule has 0 saturated heterocycles. The second-order valence-corrected chi connectivity index (χ2v) is 6.35. The van der Waals surface area contributed by atoms with Crippen molar-refractivity contribution in [2.24, 2.45) is 7.05 Å². The molecule has 3 rings (SSSR count). The highest BCUT2D eigenvalue weighted by Gasteiger charge is 2.24. The molecule has 2 amide bonds. The first-order valence-corrected chi connectivity index (χ1v) is 8.88. The lowest BCUT2D eigenvalue weighted by Gasteiger charge is -2.24. The molecular weight excluding hydrogens is 316 g/mol. The Bertz CT molecular complexity index is 726. The number of hydrogen-bond donors (Lipinski definition) is 2. The minimum atomic E-state index is -0.145. The predicted octanol–water partition coefficient (Wildman–Crippen LogP) is 2.83. The van der Waals surface area contributed by atoms with Crippen molar-refractivity contribution in [1.29, 1.82) is 0 Å². The van der Waals surface area contributed by atoms with Gasteiger partial charge in [-0.05, 0) is 37.3 Å². The van der Waals surface area contributed by atoms with Gasteiger partial charge in [-0.2, -0.15) is 5.10 Å². The van der Waals surface area contributed by atoms with Crippen LogP contribution in [0.1, 0.15) is 48.2 Å². The van der Waals surface area contributed by atoms with E-state index in [0.717, 1.165) is 36.0 Å². The molecule has 0 fully saturated rings. The summed E-state index contributed by atoms with van der Waals surface area (Å²) >= 11 is 0. The fraction of sp³-hybridized carbons (Fsp3) is 0.474. The van der Waals surface area contributed by atoms with Gasteiger partial charge in [0, 0.05) is 31.5 Å². The topological polar surface area (TPSA) is 68.2 Å². The Balaban J connectivity index is 1.57. The van der Waals surface area contributed by atoms with Crippen molar-refractivity contribution in [2.75, 3.05) is 6.61 Å². The van der Waals surface area contributed by atoms with Crippen molar-refractivity contribution in [1.82, 2.24) is 20.4 Å². The Kier molecular flexibility index (Phi) is 5.71. The van der Waals surface area contributed by atoms with E-state index in [9.17, 15) is 4.79 Å². The number of rotatable bonds is 6. The lowest BCUT2D eigenvalue weighted by Crippen LogP contribution is -2.38. The van der Waals surface area contributed by atoms with Gasteiger partial charge in [-0.15, -0.1) is 0 Å². The maximum atomic E-state index is 12.3. The van der Waals surface area contributed by atoms with Gasteiger partial charge in [-0.25, -0.2) is 4.79 Å². The summed E-state index contributed by atoms with van der Waals surface area (Å²) in [5.41, 5.74) is 4.55. The van der Waals surface area contributed by atoms with E-state index in [-0.39, 0.29) is 12.1 Å². The molecule has 0 bridgehead atoms. The standard InChI is InChI=1S/C19H26N4O2/c1-3-25-13-15-8-5-4-7-14(15)11-20-19(24)22-17-9-6-10-18-16(17)12-21-23(18)2/h4-5,7-8,12,17H,3,6,9-11,13H2,1-2H3,(H2,20,22,24)/t17-/m1/s1. The zero-order valence-electron chi connectivity index (χ0n) is 14.9. The number of nitrogens with one attached hydrogen (secondary N) is 2. The molecule has 2 N–H and O–H groups in total. The number of carbonyl (C=O) groups is 1. The fourth-order valence-electron chi connectivity index (χ4n) is 3.32. The molecule has 0 aliphatic heterocycles. The van der Waals surface area contributed by atoms with Crippen LogP contribution < -0.4 is 10.6 Å². The first-order valence-electron chi connectivity index (χ1n) is 8.88. The largest absolute Gasteiger partial charge is 0.377 e. The molecule has 1 atom stereocenters. The molecule has 134 valence electrons. The Morgan fingerprint density at radius 1 is 1.36 bits per heavy atom. The first kappa shape index (κ1) is 17.5. The van der Waals surface area contributed by atoms with Crippen LogP contribution in [0.2, 0.25) is 0 Å². The van der Waals surface area contributed by atoms with Gasteiger partial charge < -0.3 is 15.4 Å². The fourth-order valence-corrected chi connectivity index (χ4v) is 3.32. The van der Waals surface area contributed by atoms with Crippen LogP contribution in [0.5, 0.6) is 0 Å². The number of hydrogen-bond acceptors (Lipinski definition) is 3. The summed E-state index contributed by atoms with van der Waals surface area (Å²) in [5.74, 6) is 0. The number of aryl methyl sites for hydroxylation is 1. The number of benzene rings is 1. The van der Waals surface area contributed by atoms with Gasteiger partial charge in [0.15, 0.2) is 0 Å². The van der Waals surface area contributed by atoms with Crippen LogP contribution in [0.4, 0.5) is 4.79 Å². The lowest BCUT2D eigenvalue weighted by atomic mass is 9.93. The SMILES string of the molecule is CCOCc1ccccc1CNC(=O)N[C@@H]1CCCc2c1cnn2C. The lowest BCUT2D eigenvalue weighted by molar-refractivity contribution is 0.133. The Labute approximate surface area is 148 Å². The highest BCUT2D eigenvalue weighted by Crippen LogP contribution is 2.28. The van der Waals surface area contributed by atoms with Crippen molar-refractivity contribution >= 4 is 6.03 Å². The average molecular weight is 342 g/mol. The monoisotopic (exact) mass is 342 g/mol. The number of amides is 2. The quantitative estimate of drug-likeness (QED) is 0.848. The number of fused-ring (bicyclic) bond motifs is 1. The number of nitrogens with zero attached hydrogens (tertiary/aromatic N) is 2. The van der Waals surface area contributed by atoms with Crippen LogP contribution in [0, 0.1) is 0 Å².